The lowest BCUT2D eigenvalue weighted by Crippen LogP contribution is -2.51. The summed E-state index contributed by atoms with van der Waals surface area (Å²) >= 11 is 0. The van der Waals surface area contributed by atoms with Gasteiger partial charge in [-0.1, -0.05) is 18.1 Å². The third-order valence-corrected chi connectivity index (χ3v) is 10.8. The number of halogens is 2. The van der Waals surface area contributed by atoms with Gasteiger partial charge in [0, 0.05) is 84.7 Å². The number of rotatable bonds is 7. The second kappa shape index (κ2) is 11.6. The average Bonchev–Trinajstić information content (AvgIpc) is 3.74. The van der Waals surface area contributed by atoms with Crippen molar-refractivity contribution in [1.29, 1.82) is 0 Å². The molecule has 4 aromatic rings. The summed E-state index contributed by atoms with van der Waals surface area (Å²) in [5.74, 6) is 1.39. The van der Waals surface area contributed by atoms with Gasteiger partial charge in [-0.15, -0.1) is 6.42 Å². The van der Waals surface area contributed by atoms with Gasteiger partial charge in [0.05, 0.1) is 12.2 Å². The van der Waals surface area contributed by atoms with Crippen LogP contribution >= 0.6 is 0 Å². The maximum atomic E-state index is 16.9. The van der Waals surface area contributed by atoms with Crippen molar-refractivity contribution in [2.24, 2.45) is 5.41 Å². The SMILES string of the molecule is C#Cc1cccc2cc(O)cc(-c3c(F)cc4c(N5CC6CCC(C5)N6)nc(OCC5(CN6CCN(C)[C@H](C)C6)CC5)nc4c3F)c12. The summed E-state index contributed by atoms with van der Waals surface area (Å²) in [5.41, 5.74) is 0.358. The molecule has 3 aliphatic heterocycles. The van der Waals surface area contributed by atoms with Crippen molar-refractivity contribution in [2.75, 3.05) is 57.8 Å². The molecule has 10 heteroatoms. The van der Waals surface area contributed by atoms with Crippen LogP contribution in [0.2, 0.25) is 0 Å². The lowest BCUT2D eigenvalue weighted by atomic mass is 9.93. The smallest absolute Gasteiger partial charge is 0.319 e. The number of nitrogens with zero attached hydrogens (tertiary/aromatic N) is 5. The van der Waals surface area contributed by atoms with Crippen molar-refractivity contribution >= 4 is 27.5 Å². The maximum Gasteiger partial charge on any atom is 0.319 e. The summed E-state index contributed by atoms with van der Waals surface area (Å²) in [7, 11) is 2.17. The van der Waals surface area contributed by atoms with Crippen LogP contribution in [0, 0.1) is 29.4 Å². The molecular formula is C37H40F2N6O2. The minimum atomic E-state index is -0.835. The first-order valence-electron chi connectivity index (χ1n) is 16.7. The molecule has 244 valence electrons. The number of ether oxygens (including phenoxy) is 1. The number of benzene rings is 3. The number of likely N-dealkylation sites (N-methyl/N-ethyl adjacent to an activating group) is 1. The fourth-order valence-electron chi connectivity index (χ4n) is 7.90. The number of hydrogen-bond donors (Lipinski definition) is 2. The highest BCUT2D eigenvalue weighted by Gasteiger charge is 2.46. The Morgan fingerprint density at radius 3 is 2.60 bits per heavy atom. The molecule has 2 bridgehead atoms. The second-order valence-electron chi connectivity index (χ2n) is 14.2. The Bertz CT molecular complexity index is 1910. The van der Waals surface area contributed by atoms with Gasteiger partial charge in [-0.25, -0.2) is 8.78 Å². The Hall–Kier alpha value is -4.04. The van der Waals surface area contributed by atoms with Gasteiger partial charge in [0.2, 0.25) is 0 Å². The molecule has 8 nitrogen and oxygen atoms in total. The number of phenolic OH excluding ortho intramolecular Hbond substituents is 1. The van der Waals surface area contributed by atoms with Gasteiger partial charge in [-0.2, -0.15) is 9.97 Å². The van der Waals surface area contributed by atoms with E-state index in [0.717, 1.165) is 51.9 Å². The number of phenols is 1. The minimum absolute atomic E-state index is 0.0142. The standard InChI is InChI=1S/C37H40F2N6O2/c1-4-23-6-5-7-24-14-27(46)15-28(31(23)24)32-30(38)16-29-34(33(32)39)41-36(42-35(29)45-18-25-8-9-26(19-45)40-25)47-21-37(10-11-37)20-44-13-12-43(3)22(2)17-44/h1,5-7,14-16,22,25-26,40,46H,8-13,17-21H2,2-3H3/t22-,25?,26?/m1/s1. The van der Waals surface area contributed by atoms with E-state index in [1.165, 1.54) is 18.2 Å². The summed E-state index contributed by atoms with van der Waals surface area (Å²) in [6, 6.07) is 10.6. The summed E-state index contributed by atoms with van der Waals surface area (Å²) in [5, 5.41) is 15.6. The van der Waals surface area contributed by atoms with Crippen LogP contribution in [0.25, 0.3) is 32.8 Å². The fourth-order valence-corrected chi connectivity index (χ4v) is 7.90. The van der Waals surface area contributed by atoms with Crippen LogP contribution in [-0.2, 0) is 0 Å². The number of hydrogen-bond acceptors (Lipinski definition) is 8. The quantitative estimate of drug-likeness (QED) is 0.270. The minimum Gasteiger partial charge on any atom is -0.508 e. The number of fused-ring (bicyclic) bond motifs is 4. The number of terminal acetylenes is 1. The Morgan fingerprint density at radius 2 is 1.87 bits per heavy atom. The Balaban J connectivity index is 1.21. The molecule has 3 saturated heterocycles. The molecule has 2 unspecified atom stereocenters. The van der Waals surface area contributed by atoms with Crippen molar-refractivity contribution in [3.8, 4) is 35.2 Å². The lowest BCUT2D eigenvalue weighted by Gasteiger charge is -2.39. The third-order valence-electron chi connectivity index (χ3n) is 10.8. The van der Waals surface area contributed by atoms with Gasteiger partial charge in [0.25, 0.3) is 0 Å². The molecule has 4 aliphatic rings. The van der Waals surface area contributed by atoms with Crippen molar-refractivity contribution in [3.05, 3.63) is 53.6 Å². The van der Waals surface area contributed by atoms with E-state index in [0.29, 0.717) is 65.4 Å². The molecule has 0 radical (unpaired) electrons. The molecule has 4 heterocycles. The summed E-state index contributed by atoms with van der Waals surface area (Å²) in [6.07, 6.45) is 10.0. The highest BCUT2D eigenvalue weighted by molar-refractivity contribution is 6.04. The van der Waals surface area contributed by atoms with E-state index >= 15 is 8.78 Å². The van der Waals surface area contributed by atoms with Gasteiger partial charge < -0.3 is 25.0 Å². The van der Waals surface area contributed by atoms with E-state index in [9.17, 15) is 5.11 Å². The fraction of sp³-hybridized carbons (Fsp3) is 0.459. The molecule has 0 amide bonds. The van der Waals surface area contributed by atoms with Crippen LogP contribution in [0.5, 0.6) is 11.8 Å². The van der Waals surface area contributed by atoms with Crippen LogP contribution in [0.1, 0.15) is 38.2 Å². The van der Waals surface area contributed by atoms with Crippen molar-refractivity contribution in [2.45, 2.75) is 50.7 Å². The molecule has 1 aliphatic carbocycles. The van der Waals surface area contributed by atoms with E-state index in [1.54, 1.807) is 18.2 Å². The van der Waals surface area contributed by atoms with E-state index in [4.69, 9.17) is 16.1 Å². The largest absolute Gasteiger partial charge is 0.508 e. The molecule has 1 aromatic heterocycles. The first-order chi connectivity index (χ1) is 22.7. The van der Waals surface area contributed by atoms with Gasteiger partial charge in [-0.05, 0) is 69.3 Å². The number of anilines is 1. The average molecular weight is 639 g/mol. The van der Waals surface area contributed by atoms with Gasteiger partial charge in [0.1, 0.15) is 22.9 Å². The van der Waals surface area contributed by atoms with Crippen LogP contribution < -0.4 is 15.0 Å². The summed E-state index contributed by atoms with van der Waals surface area (Å²) < 4.78 is 39.5. The Morgan fingerprint density at radius 1 is 1.09 bits per heavy atom. The van der Waals surface area contributed by atoms with Crippen molar-refractivity contribution in [1.82, 2.24) is 25.1 Å². The molecular weight excluding hydrogens is 598 g/mol. The topological polar surface area (TPSA) is 77.0 Å². The molecule has 3 aromatic carbocycles. The first kappa shape index (κ1) is 30.3. The number of aromatic nitrogens is 2. The van der Waals surface area contributed by atoms with E-state index in [2.05, 4.69) is 44.9 Å². The molecule has 0 spiro atoms. The van der Waals surface area contributed by atoms with Crippen molar-refractivity contribution < 1.29 is 18.6 Å². The lowest BCUT2D eigenvalue weighted by molar-refractivity contribution is 0.0753. The zero-order chi connectivity index (χ0) is 32.4. The summed E-state index contributed by atoms with van der Waals surface area (Å²) in [4.78, 5) is 16.5. The normalized spacial score (nSPS) is 24.1. The Kier molecular flexibility index (Phi) is 7.47. The van der Waals surface area contributed by atoms with E-state index in [1.807, 2.05) is 0 Å². The van der Waals surface area contributed by atoms with E-state index < -0.39 is 11.6 Å². The second-order valence-corrected chi connectivity index (χ2v) is 14.2. The molecule has 8 rings (SSSR count). The third kappa shape index (κ3) is 5.54. The number of piperazine rings is 2. The molecule has 4 fully saturated rings. The van der Waals surface area contributed by atoms with Gasteiger partial charge >= 0.3 is 6.01 Å². The zero-order valence-corrected chi connectivity index (χ0v) is 26.9. The zero-order valence-electron chi connectivity index (χ0n) is 26.9. The first-order valence-corrected chi connectivity index (χ1v) is 16.7. The molecule has 1 saturated carbocycles. The van der Waals surface area contributed by atoms with E-state index in [-0.39, 0.29) is 33.8 Å². The predicted molar refractivity (Wildman–Crippen MR) is 180 cm³/mol. The predicted octanol–water partition coefficient (Wildman–Crippen LogP) is 5.15. The van der Waals surface area contributed by atoms with Crippen LogP contribution in [-0.4, -0.2) is 95.9 Å². The Labute approximate surface area is 273 Å². The molecule has 2 N–H and O–H groups in total. The number of aromatic hydroxyl groups is 1. The van der Waals surface area contributed by atoms with Gasteiger partial charge in [-0.3, -0.25) is 4.90 Å². The highest BCUT2D eigenvalue weighted by Crippen LogP contribution is 2.47. The molecule has 47 heavy (non-hydrogen) atoms. The summed E-state index contributed by atoms with van der Waals surface area (Å²) in [6.45, 7) is 8.08. The van der Waals surface area contributed by atoms with Crippen molar-refractivity contribution in [3.63, 3.8) is 0 Å². The van der Waals surface area contributed by atoms with Crippen LogP contribution in [0.3, 0.4) is 0 Å². The van der Waals surface area contributed by atoms with Crippen LogP contribution in [0.4, 0.5) is 14.6 Å². The maximum absolute atomic E-state index is 16.9. The highest BCUT2D eigenvalue weighted by atomic mass is 19.1. The molecule has 3 atom stereocenters. The van der Waals surface area contributed by atoms with Crippen LogP contribution in [0.15, 0.2) is 36.4 Å². The van der Waals surface area contributed by atoms with Gasteiger partial charge in [0.15, 0.2) is 5.82 Å². The number of nitrogens with one attached hydrogen (secondary N) is 1. The monoisotopic (exact) mass is 638 g/mol.